The Hall–Kier alpha value is -2.13. The fraction of sp³-hybridized carbons (Fsp3) is 0.381. The summed E-state index contributed by atoms with van der Waals surface area (Å²) in [6.45, 7) is 6.45. The monoisotopic (exact) mass is 324 g/mol. The Bertz CT molecular complexity index is 637. The number of carbonyl (C=O) groups excluding carboxylic acids is 1. The van der Waals surface area contributed by atoms with Crippen LogP contribution in [0.5, 0.6) is 0 Å². The highest BCUT2D eigenvalue weighted by Gasteiger charge is 2.31. The van der Waals surface area contributed by atoms with E-state index < -0.39 is 0 Å². The molecule has 0 bridgehead atoms. The van der Waals surface area contributed by atoms with Gasteiger partial charge in [0.1, 0.15) is 0 Å². The van der Waals surface area contributed by atoms with E-state index in [4.69, 9.17) is 5.73 Å². The predicted octanol–water partition coefficient (Wildman–Crippen LogP) is 3.95. The first-order valence-corrected chi connectivity index (χ1v) is 8.60. The Kier molecular flexibility index (Phi) is 6.16. The van der Waals surface area contributed by atoms with Crippen LogP contribution >= 0.6 is 0 Å². The van der Waals surface area contributed by atoms with Crippen molar-refractivity contribution >= 4 is 5.91 Å². The Morgan fingerprint density at radius 2 is 1.58 bits per heavy atom. The minimum atomic E-state index is -0.274. The van der Waals surface area contributed by atoms with E-state index in [0.717, 1.165) is 12.0 Å². The van der Waals surface area contributed by atoms with E-state index in [-0.39, 0.29) is 23.4 Å². The van der Waals surface area contributed by atoms with Crippen LogP contribution in [0.15, 0.2) is 60.7 Å². The molecule has 0 spiro atoms. The average molecular weight is 324 g/mol. The van der Waals surface area contributed by atoms with Crippen LogP contribution in [0.25, 0.3) is 0 Å². The summed E-state index contributed by atoms with van der Waals surface area (Å²) in [5, 5.41) is 3.19. The number of rotatable bonds is 7. The fourth-order valence-electron chi connectivity index (χ4n) is 3.13. The average Bonchev–Trinajstić information content (AvgIpc) is 2.61. The van der Waals surface area contributed by atoms with Gasteiger partial charge in [-0.3, -0.25) is 4.79 Å². The second-order valence-electron chi connectivity index (χ2n) is 6.84. The molecule has 0 radical (unpaired) electrons. The van der Waals surface area contributed by atoms with Crippen molar-refractivity contribution < 1.29 is 4.79 Å². The number of benzene rings is 2. The minimum absolute atomic E-state index is 0.00205. The van der Waals surface area contributed by atoms with E-state index in [2.05, 4.69) is 38.2 Å². The normalized spacial score (nSPS) is 14.0. The van der Waals surface area contributed by atoms with Crippen molar-refractivity contribution in [3.05, 3.63) is 71.8 Å². The van der Waals surface area contributed by atoms with Gasteiger partial charge in [0.25, 0.3) is 0 Å². The summed E-state index contributed by atoms with van der Waals surface area (Å²) in [5.41, 5.74) is 8.25. The molecule has 2 rings (SSSR count). The predicted molar refractivity (Wildman–Crippen MR) is 99.7 cm³/mol. The molecule has 3 nitrogen and oxygen atoms in total. The molecule has 24 heavy (non-hydrogen) atoms. The molecular weight excluding hydrogens is 296 g/mol. The molecule has 1 amide bonds. The summed E-state index contributed by atoms with van der Waals surface area (Å²) in [4.78, 5) is 12.5. The van der Waals surface area contributed by atoms with E-state index in [9.17, 15) is 4.79 Å². The lowest BCUT2D eigenvalue weighted by atomic mass is 9.76. The first-order chi connectivity index (χ1) is 11.4. The molecule has 128 valence electrons. The number of carbonyl (C=O) groups is 1. The van der Waals surface area contributed by atoms with Crippen LogP contribution in [0.2, 0.25) is 0 Å². The Morgan fingerprint density at radius 3 is 2.12 bits per heavy atom. The van der Waals surface area contributed by atoms with E-state index >= 15 is 0 Å². The number of hydrogen-bond donors (Lipinski definition) is 2. The quantitative estimate of drug-likeness (QED) is 0.810. The van der Waals surface area contributed by atoms with Gasteiger partial charge in [0.05, 0.1) is 0 Å². The Morgan fingerprint density at radius 1 is 1.04 bits per heavy atom. The summed E-state index contributed by atoms with van der Waals surface area (Å²) in [5.74, 6) is 0.00205. The van der Waals surface area contributed by atoms with Crippen LogP contribution in [0.4, 0.5) is 0 Å². The molecule has 2 aromatic carbocycles. The van der Waals surface area contributed by atoms with Gasteiger partial charge >= 0.3 is 0 Å². The largest absolute Gasteiger partial charge is 0.352 e. The molecule has 0 heterocycles. The van der Waals surface area contributed by atoms with E-state index in [1.54, 1.807) is 0 Å². The molecule has 0 saturated carbocycles. The summed E-state index contributed by atoms with van der Waals surface area (Å²) in [6.07, 6.45) is 1.17. The van der Waals surface area contributed by atoms with Gasteiger partial charge in [-0.25, -0.2) is 0 Å². The minimum Gasteiger partial charge on any atom is -0.352 e. The van der Waals surface area contributed by atoms with Crippen LogP contribution in [0.1, 0.15) is 50.8 Å². The van der Waals surface area contributed by atoms with E-state index in [0.29, 0.717) is 6.42 Å². The molecule has 2 atom stereocenters. The lowest BCUT2D eigenvalue weighted by Gasteiger charge is -2.35. The highest BCUT2D eigenvalue weighted by Crippen LogP contribution is 2.29. The summed E-state index contributed by atoms with van der Waals surface area (Å²) in [6, 6.07) is 19.9. The van der Waals surface area contributed by atoms with Crippen molar-refractivity contribution in [2.45, 2.75) is 51.1 Å². The molecule has 0 aliphatic carbocycles. The second-order valence-corrected chi connectivity index (χ2v) is 6.84. The van der Waals surface area contributed by atoms with Gasteiger partial charge in [-0.15, -0.1) is 0 Å². The third kappa shape index (κ3) is 4.45. The third-order valence-electron chi connectivity index (χ3n) is 4.77. The summed E-state index contributed by atoms with van der Waals surface area (Å²) in [7, 11) is 0. The van der Waals surface area contributed by atoms with Crippen molar-refractivity contribution in [2.24, 2.45) is 5.73 Å². The fourth-order valence-corrected chi connectivity index (χ4v) is 3.13. The maximum atomic E-state index is 12.5. The number of nitrogens with two attached hydrogens (primary N) is 1. The van der Waals surface area contributed by atoms with Gasteiger partial charge in [-0.2, -0.15) is 0 Å². The lowest BCUT2D eigenvalue weighted by molar-refractivity contribution is -0.122. The van der Waals surface area contributed by atoms with Gasteiger partial charge in [0.15, 0.2) is 0 Å². The number of amides is 1. The molecule has 3 heteroatoms. The molecule has 2 aromatic rings. The topological polar surface area (TPSA) is 55.1 Å². The van der Waals surface area contributed by atoms with Crippen LogP contribution < -0.4 is 11.1 Å². The van der Waals surface area contributed by atoms with Crippen molar-refractivity contribution in [3.63, 3.8) is 0 Å². The second kappa shape index (κ2) is 8.11. The molecular formula is C21H28N2O. The van der Waals surface area contributed by atoms with Gasteiger partial charge < -0.3 is 11.1 Å². The molecule has 0 fully saturated rings. The molecule has 2 unspecified atom stereocenters. The van der Waals surface area contributed by atoms with Crippen molar-refractivity contribution in [1.29, 1.82) is 0 Å². The van der Waals surface area contributed by atoms with Crippen LogP contribution in [0, 0.1) is 0 Å². The van der Waals surface area contributed by atoms with Crippen LogP contribution in [-0.4, -0.2) is 11.9 Å². The first-order valence-electron chi connectivity index (χ1n) is 8.60. The Balaban J connectivity index is 2.03. The smallest absolute Gasteiger partial charge is 0.222 e. The highest BCUT2D eigenvalue weighted by atomic mass is 16.1. The van der Waals surface area contributed by atoms with Crippen molar-refractivity contribution in [1.82, 2.24) is 5.32 Å². The van der Waals surface area contributed by atoms with E-state index in [1.165, 1.54) is 5.56 Å². The summed E-state index contributed by atoms with van der Waals surface area (Å²) < 4.78 is 0. The Labute approximate surface area is 145 Å². The zero-order chi connectivity index (χ0) is 17.6. The van der Waals surface area contributed by atoms with Gasteiger partial charge in [-0.05, 0) is 17.5 Å². The maximum absolute atomic E-state index is 12.5. The zero-order valence-corrected chi connectivity index (χ0v) is 14.8. The van der Waals surface area contributed by atoms with Gasteiger partial charge in [-0.1, -0.05) is 81.4 Å². The highest BCUT2D eigenvalue weighted by molar-refractivity contribution is 5.77. The zero-order valence-electron chi connectivity index (χ0n) is 14.8. The lowest BCUT2D eigenvalue weighted by Crippen LogP contribution is -2.47. The molecule has 0 aliphatic heterocycles. The van der Waals surface area contributed by atoms with Crippen molar-refractivity contribution in [3.8, 4) is 0 Å². The standard InChI is InChI=1S/C21H28N2O/c1-4-19(21(2,3)17-13-9-6-10-14-17)23-20(24)15-18(22)16-11-7-5-8-12-16/h5-14,18-19H,4,15,22H2,1-3H3,(H,23,24). The van der Waals surface area contributed by atoms with Gasteiger partial charge in [0.2, 0.25) is 5.91 Å². The first kappa shape index (κ1) is 18.2. The number of nitrogens with one attached hydrogen (secondary N) is 1. The number of hydrogen-bond acceptors (Lipinski definition) is 2. The molecule has 0 saturated heterocycles. The van der Waals surface area contributed by atoms with Gasteiger partial charge in [0, 0.05) is 23.9 Å². The third-order valence-corrected chi connectivity index (χ3v) is 4.77. The molecule has 3 N–H and O–H groups in total. The van der Waals surface area contributed by atoms with Crippen molar-refractivity contribution in [2.75, 3.05) is 0 Å². The van der Waals surface area contributed by atoms with E-state index in [1.807, 2.05) is 48.5 Å². The van der Waals surface area contributed by atoms with Crippen LogP contribution in [0.3, 0.4) is 0 Å². The SMILES string of the molecule is CCC(NC(=O)CC(N)c1ccccc1)C(C)(C)c1ccccc1. The molecule has 0 aliphatic rings. The maximum Gasteiger partial charge on any atom is 0.222 e. The summed E-state index contributed by atoms with van der Waals surface area (Å²) >= 11 is 0. The molecule has 0 aromatic heterocycles. The van der Waals surface area contributed by atoms with Crippen LogP contribution in [-0.2, 0) is 10.2 Å².